The summed E-state index contributed by atoms with van der Waals surface area (Å²) in [7, 11) is 1.23. The van der Waals surface area contributed by atoms with E-state index >= 15 is 0 Å². The summed E-state index contributed by atoms with van der Waals surface area (Å²) in [5.74, 6) is -1.13. The lowest BCUT2D eigenvalue weighted by atomic mass is 10.3. The van der Waals surface area contributed by atoms with Crippen molar-refractivity contribution in [1.82, 2.24) is 0 Å². The van der Waals surface area contributed by atoms with Crippen molar-refractivity contribution in [2.45, 2.75) is 0 Å². The van der Waals surface area contributed by atoms with Gasteiger partial charge in [0.2, 0.25) is 0 Å². The average Bonchev–Trinajstić information content (AvgIpc) is 2.74. The molecule has 0 unspecified atom stereocenters. The number of anilines is 1. The number of esters is 1. The third-order valence-corrected chi connectivity index (χ3v) is 3.70. The second-order valence-electron chi connectivity index (χ2n) is 3.61. The van der Waals surface area contributed by atoms with E-state index in [1.54, 1.807) is 18.2 Å². The van der Waals surface area contributed by atoms with E-state index in [1.165, 1.54) is 7.11 Å². The lowest BCUT2D eigenvalue weighted by Crippen LogP contribution is -2.05. The van der Waals surface area contributed by atoms with Crippen molar-refractivity contribution in [3.8, 4) is 0 Å². The number of amidine groups is 1. The van der Waals surface area contributed by atoms with Crippen LogP contribution in [0.1, 0.15) is 0 Å². The molecule has 1 N–H and O–H groups in total. The van der Waals surface area contributed by atoms with E-state index in [0.29, 0.717) is 20.9 Å². The molecule has 1 heterocycles. The van der Waals surface area contributed by atoms with Crippen LogP contribution in [-0.4, -0.2) is 24.2 Å². The number of methoxy groups -OCH3 is 1. The van der Waals surface area contributed by atoms with Gasteiger partial charge in [0.1, 0.15) is 0 Å². The maximum absolute atomic E-state index is 11.6. The van der Waals surface area contributed by atoms with Gasteiger partial charge in [-0.1, -0.05) is 23.2 Å². The predicted octanol–water partition coefficient (Wildman–Crippen LogP) is 3.09. The minimum absolute atomic E-state index is 0.178. The van der Waals surface area contributed by atoms with Crippen molar-refractivity contribution >= 4 is 57.7 Å². The van der Waals surface area contributed by atoms with Crippen LogP contribution in [0, 0.1) is 0 Å². The van der Waals surface area contributed by atoms with Crippen molar-refractivity contribution in [1.29, 1.82) is 0 Å². The summed E-state index contributed by atoms with van der Waals surface area (Å²) in [6.07, 6.45) is 1.09. The van der Waals surface area contributed by atoms with Crippen LogP contribution in [0.2, 0.25) is 10.0 Å². The molecule has 1 aliphatic heterocycles. The number of amides is 1. The molecule has 1 amide bonds. The SMILES string of the molecule is COC(=O)C=C1SC(Nc2cc(Cl)ccc2Cl)=NC1=O. The van der Waals surface area contributed by atoms with Crippen molar-refractivity contribution in [3.05, 3.63) is 39.2 Å². The van der Waals surface area contributed by atoms with Gasteiger partial charge in [-0.05, 0) is 30.0 Å². The molecule has 20 heavy (non-hydrogen) atoms. The normalized spacial score (nSPS) is 16.2. The van der Waals surface area contributed by atoms with E-state index in [0.717, 1.165) is 17.8 Å². The molecule has 0 saturated carbocycles. The van der Waals surface area contributed by atoms with Gasteiger partial charge in [0, 0.05) is 11.1 Å². The summed E-state index contributed by atoms with van der Waals surface area (Å²) in [6, 6.07) is 4.88. The molecule has 104 valence electrons. The summed E-state index contributed by atoms with van der Waals surface area (Å²) >= 11 is 12.9. The van der Waals surface area contributed by atoms with Gasteiger partial charge < -0.3 is 10.1 Å². The fourth-order valence-electron chi connectivity index (χ4n) is 1.34. The number of nitrogens with one attached hydrogen (secondary N) is 1. The summed E-state index contributed by atoms with van der Waals surface area (Å²) < 4.78 is 4.46. The van der Waals surface area contributed by atoms with Crippen LogP contribution in [0.4, 0.5) is 5.69 Å². The molecule has 8 heteroatoms. The van der Waals surface area contributed by atoms with Gasteiger partial charge >= 0.3 is 5.97 Å². The molecule has 0 aliphatic carbocycles. The van der Waals surface area contributed by atoms with Crippen molar-refractivity contribution < 1.29 is 14.3 Å². The van der Waals surface area contributed by atoms with E-state index < -0.39 is 11.9 Å². The summed E-state index contributed by atoms with van der Waals surface area (Å²) in [6.45, 7) is 0. The second-order valence-corrected chi connectivity index (χ2v) is 5.48. The highest BCUT2D eigenvalue weighted by Crippen LogP contribution is 2.31. The maximum atomic E-state index is 11.6. The Balaban J connectivity index is 2.15. The van der Waals surface area contributed by atoms with Crippen LogP contribution in [0.3, 0.4) is 0 Å². The molecule has 0 saturated heterocycles. The number of aliphatic imine (C=N–C) groups is 1. The van der Waals surface area contributed by atoms with Crippen LogP contribution >= 0.6 is 35.0 Å². The molecule has 1 aromatic carbocycles. The zero-order valence-corrected chi connectivity index (χ0v) is 12.5. The zero-order chi connectivity index (χ0) is 14.7. The number of nitrogens with zero attached hydrogens (tertiary/aromatic N) is 1. The van der Waals surface area contributed by atoms with Gasteiger partial charge in [0.15, 0.2) is 5.17 Å². The maximum Gasteiger partial charge on any atom is 0.331 e. The molecule has 1 aliphatic rings. The van der Waals surface area contributed by atoms with Gasteiger partial charge in [-0.25, -0.2) is 4.79 Å². The molecule has 0 bridgehead atoms. The number of thioether (sulfide) groups is 1. The second kappa shape index (κ2) is 6.30. The van der Waals surface area contributed by atoms with E-state index in [4.69, 9.17) is 23.2 Å². The first-order valence-electron chi connectivity index (χ1n) is 5.32. The Hall–Kier alpha value is -1.50. The Morgan fingerprint density at radius 2 is 2.20 bits per heavy atom. The van der Waals surface area contributed by atoms with Crippen LogP contribution < -0.4 is 5.32 Å². The van der Waals surface area contributed by atoms with E-state index in [2.05, 4.69) is 15.0 Å². The van der Waals surface area contributed by atoms with Crippen molar-refractivity contribution in [3.63, 3.8) is 0 Å². The van der Waals surface area contributed by atoms with Gasteiger partial charge in [-0.2, -0.15) is 4.99 Å². The quantitative estimate of drug-likeness (QED) is 0.666. The van der Waals surface area contributed by atoms with E-state index in [1.807, 2.05) is 0 Å². The number of rotatable bonds is 2. The highest BCUT2D eigenvalue weighted by molar-refractivity contribution is 8.18. The van der Waals surface area contributed by atoms with Gasteiger partial charge in [0.25, 0.3) is 5.91 Å². The lowest BCUT2D eigenvalue weighted by Gasteiger charge is -2.06. The molecular formula is C12H8Cl2N2O3S. The van der Waals surface area contributed by atoms with Crippen molar-refractivity contribution in [2.24, 2.45) is 4.99 Å². The minimum Gasteiger partial charge on any atom is -0.466 e. The van der Waals surface area contributed by atoms with Crippen LogP contribution in [0.15, 0.2) is 34.2 Å². The first-order chi connectivity index (χ1) is 9.49. The molecule has 0 aromatic heterocycles. The zero-order valence-electron chi connectivity index (χ0n) is 10.1. The number of hydrogen-bond donors (Lipinski definition) is 1. The minimum atomic E-state index is -0.613. The number of carbonyl (C=O) groups excluding carboxylic acids is 2. The van der Waals surface area contributed by atoms with E-state index in [-0.39, 0.29) is 4.91 Å². The third-order valence-electron chi connectivity index (χ3n) is 2.24. The molecule has 0 fully saturated rings. The molecular weight excluding hydrogens is 323 g/mol. The molecule has 0 spiro atoms. The summed E-state index contributed by atoms with van der Waals surface area (Å²) in [4.78, 5) is 26.7. The molecule has 0 atom stereocenters. The number of carbonyl (C=O) groups is 2. The standard InChI is InChI=1S/C12H8Cl2N2O3S/c1-19-10(17)5-9-11(18)16-12(20-9)15-8-4-6(13)2-3-7(8)14/h2-5H,1H3,(H,15,16,18). The van der Waals surface area contributed by atoms with Crippen LogP contribution in [0.5, 0.6) is 0 Å². The van der Waals surface area contributed by atoms with Crippen molar-refractivity contribution in [2.75, 3.05) is 12.4 Å². The summed E-state index contributed by atoms with van der Waals surface area (Å²) in [5.41, 5.74) is 0.525. The average molecular weight is 331 g/mol. The van der Waals surface area contributed by atoms with Gasteiger partial charge in [0.05, 0.1) is 22.7 Å². The largest absolute Gasteiger partial charge is 0.466 e. The highest BCUT2D eigenvalue weighted by Gasteiger charge is 2.23. The number of hydrogen-bond acceptors (Lipinski definition) is 5. The lowest BCUT2D eigenvalue weighted by molar-refractivity contribution is -0.135. The first kappa shape index (κ1) is 14.9. The Bertz CT molecular complexity index is 644. The predicted molar refractivity (Wildman–Crippen MR) is 80.2 cm³/mol. The third kappa shape index (κ3) is 3.53. The summed E-state index contributed by atoms with van der Waals surface area (Å²) in [5, 5.41) is 4.14. The Kier molecular flexibility index (Phi) is 4.69. The topological polar surface area (TPSA) is 67.8 Å². The van der Waals surface area contributed by atoms with Gasteiger partial charge in [-0.15, -0.1) is 0 Å². The highest BCUT2D eigenvalue weighted by atomic mass is 35.5. The molecule has 2 rings (SSSR count). The fraction of sp³-hybridized carbons (Fsp3) is 0.0833. The first-order valence-corrected chi connectivity index (χ1v) is 6.89. The Morgan fingerprint density at radius 3 is 2.90 bits per heavy atom. The number of benzene rings is 1. The van der Waals surface area contributed by atoms with Crippen LogP contribution in [-0.2, 0) is 14.3 Å². The Labute approximate surface area is 129 Å². The van der Waals surface area contributed by atoms with Gasteiger partial charge in [-0.3, -0.25) is 4.79 Å². The fourth-order valence-corrected chi connectivity index (χ4v) is 2.46. The smallest absolute Gasteiger partial charge is 0.331 e. The van der Waals surface area contributed by atoms with E-state index in [9.17, 15) is 9.59 Å². The Morgan fingerprint density at radius 1 is 1.45 bits per heavy atom. The van der Waals surface area contributed by atoms with Crippen LogP contribution in [0.25, 0.3) is 0 Å². The number of halogens is 2. The molecule has 0 radical (unpaired) electrons. The monoisotopic (exact) mass is 330 g/mol. The molecule has 1 aromatic rings. The number of ether oxygens (including phenoxy) is 1. The molecule has 5 nitrogen and oxygen atoms in total.